The third kappa shape index (κ3) is 7.59. The van der Waals surface area contributed by atoms with Gasteiger partial charge in [-0.1, -0.05) is 7.43 Å². The van der Waals surface area contributed by atoms with E-state index in [1.54, 1.807) is 11.0 Å². The number of nitriles is 1. The molecular formula is C28H33F6N5O. The Morgan fingerprint density at radius 2 is 1.38 bits per heavy atom. The van der Waals surface area contributed by atoms with Gasteiger partial charge in [-0.05, 0) is 48.9 Å². The van der Waals surface area contributed by atoms with E-state index in [0.29, 0.717) is 77.4 Å². The predicted molar refractivity (Wildman–Crippen MR) is 141 cm³/mol. The van der Waals surface area contributed by atoms with Crippen molar-refractivity contribution in [1.29, 1.82) is 5.26 Å². The second kappa shape index (κ2) is 12.8. The SMILES string of the molecule is C.N#Cc1ccc(N2CCCN(C(=O)CCN3CCN(c4ccc(C(F)(F)F)cc4)CC3)CC2)cc1C(F)(F)F. The number of hydrogen-bond donors (Lipinski definition) is 0. The summed E-state index contributed by atoms with van der Waals surface area (Å²) in [5, 5.41) is 9.02. The first-order chi connectivity index (χ1) is 18.5. The molecule has 1 amide bonds. The van der Waals surface area contributed by atoms with E-state index in [1.807, 2.05) is 9.80 Å². The van der Waals surface area contributed by atoms with E-state index < -0.39 is 29.0 Å². The number of piperazine rings is 1. The zero-order chi connectivity index (χ0) is 28.2. The summed E-state index contributed by atoms with van der Waals surface area (Å²) in [6.07, 6.45) is -8.07. The highest BCUT2D eigenvalue weighted by molar-refractivity contribution is 5.76. The molecule has 2 aromatic rings. The van der Waals surface area contributed by atoms with E-state index in [0.717, 1.165) is 23.9 Å². The summed E-state index contributed by atoms with van der Waals surface area (Å²) >= 11 is 0. The van der Waals surface area contributed by atoms with Gasteiger partial charge in [0.05, 0.1) is 22.8 Å². The first-order valence-corrected chi connectivity index (χ1v) is 12.7. The van der Waals surface area contributed by atoms with Gasteiger partial charge in [0, 0.05) is 76.7 Å². The number of benzene rings is 2. The molecule has 6 nitrogen and oxygen atoms in total. The number of anilines is 2. The minimum Gasteiger partial charge on any atom is -0.370 e. The van der Waals surface area contributed by atoms with Crippen LogP contribution in [0.3, 0.4) is 0 Å². The molecular weight excluding hydrogens is 536 g/mol. The van der Waals surface area contributed by atoms with E-state index >= 15 is 0 Å². The Bertz CT molecular complexity index is 1180. The van der Waals surface area contributed by atoms with Crippen LogP contribution in [0, 0.1) is 11.3 Å². The topological polar surface area (TPSA) is 53.8 Å². The zero-order valence-corrected chi connectivity index (χ0v) is 21.2. The van der Waals surface area contributed by atoms with Crippen LogP contribution in [0.5, 0.6) is 0 Å². The molecule has 2 aromatic carbocycles. The van der Waals surface area contributed by atoms with Gasteiger partial charge in [-0.25, -0.2) is 0 Å². The lowest BCUT2D eigenvalue weighted by Gasteiger charge is -2.36. The van der Waals surface area contributed by atoms with E-state index in [9.17, 15) is 31.1 Å². The molecule has 2 fully saturated rings. The molecule has 0 atom stereocenters. The fourth-order valence-electron chi connectivity index (χ4n) is 4.99. The minimum absolute atomic E-state index is 0. The Labute approximate surface area is 230 Å². The van der Waals surface area contributed by atoms with E-state index in [-0.39, 0.29) is 13.3 Å². The van der Waals surface area contributed by atoms with Crippen LogP contribution in [-0.2, 0) is 17.1 Å². The molecule has 0 bridgehead atoms. The molecule has 0 aromatic heterocycles. The van der Waals surface area contributed by atoms with Crippen LogP contribution >= 0.6 is 0 Å². The van der Waals surface area contributed by atoms with Crippen LogP contribution in [0.1, 0.15) is 37.0 Å². The quantitative estimate of drug-likeness (QED) is 0.447. The lowest BCUT2D eigenvalue weighted by atomic mass is 10.1. The van der Waals surface area contributed by atoms with Crippen molar-refractivity contribution in [3.05, 3.63) is 59.2 Å². The number of amides is 1. The van der Waals surface area contributed by atoms with Gasteiger partial charge in [-0.15, -0.1) is 0 Å². The van der Waals surface area contributed by atoms with Crippen LogP contribution in [0.2, 0.25) is 0 Å². The Kier molecular flexibility index (Phi) is 9.95. The smallest absolute Gasteiger partial charge is 0.370 e. The molecule has 0 unspecified atom stereocenters. The maximum atomic E-state index is 13.4. The molecule has 0 spiro atoms. The second-order valence-electron chi connectivity index (χ2n) is 9.68. The van der Waals surface area contributed by atoms with Crippen molar-refractivity contribution >= 4 is 17.3 Å². The van der Waals surface area contributed by atoms with Gasteiger partial charge >= 0.3 is 12.4 Å². The Morgan fingerprint density at radius 1 is 0.775 bits per heavy atom. The van der Waals surface area contributed by atoms with Crippen molar-refractivity contribution in [2.75, 3.05) is 68.7 Å². The lowest BCUT2D eigenvalue weighted by molar-refractivity contribution is -0.138. The summed E-state index contributed by atoms with van der Waals surface area (Å²) in [4.78, 5) is 20.6. The lowest BCUT2D eigenvalue weighted by Crippen LogP contribution is -2.47. The average Bonchev–Trinajstić information content (AvgIpc) is 3.17. The highest BCUT2D eigenvalue weighted by atomic mass is 19.4. The molecule has 12 heteroatoms. The summed E-state index contributed by atoms with van der Waals surface area (Å²) in [5.74, 6) is -0.0159. The summed E-state index contributed by atoms with van der Waals surface area (Å²) in [5.41, 5.74) is -0.946. The maximum Gasteiger partial charge on any atom is 0.417 e. The maximum absolute atomic E-state index is 13.4. The standard InChI is InChI=1S/C27H29F6N5O.CH4/c28-26(29,30)21-3-6-22(7-4-21)37-14-12-35(13-15-37)11-8-25(39)38-10-1-9-36(16-17-38)23-5-2-20(19-34)24(18-23)27(31,32)33;/h2-7,18H,1,8-17H2;1H4. The number of nitrogens with zero attached hydrogens (tertiary/aromatic N) is 5. The van der Waals surface area contributed by atoms with Crippen LogP contribution in [0.25, 0.3) is 0 Å². The summed E-state index contributed by atoms with van der Waals surface area (Å²) in [6, 6.07) is 10.4. The third-order valence-corrected chi connectivity index (χ3v) is 7.22. The van der Waals surface area contributed by atoms with Crippen molar-refractivity contribution in [3.8, 4) is 6.07 Å². The fourth-order valence-corrected chi connectivity index (χ4v) is 4.99. The zero-order valence-electron chi connectivity index (χ0n) is 21.2. The van der Waals surface area contributed by atoms with Crippen molar-refractivity contribution in [3.63, 3.8) is 0 Å². The summed E-state index contributed by atoms with van der Waals surface area (Å²) in [6.45, 7) is 5.00. The van der Waals surface area contributed by atoms with Gasteiger partial charge in [-0.2, -0.15) is 31.6 Å². The predicted octanol–water partition coefficient (Wildman–Crippen LogP) is 5.48. The Hall–Kier alpha value is -3.46. The number of halogens is 6. The molecule has 0 saturated carbocycles. The molecule has 218 valence electrons. The first-order valence-electron chi connectivity index (χ1n) is 12.7. The Balaban J connectivity index is 0.00000441. The van der Waals surface area contributed by atoms with E-state index in [4.69, 9.17) is 5.26 Å². The normalized spacial score (nSPS) is 17.2. The van der Waals surface area contributed by atoms with Crippen molar-refractivity contribution in [1.82, 2.24) is 9.80 Å². The number of carbonyl (C=O) groups excluding carboxylic acids is 1. The molecule has 0 N–H and O–H groups in total. The van der Waals surface area contributed by atoms with Crippen molar-refractivity contribution in [2.45, 2.75) is 32.6 Å². The van der Waals surface area contributed by atoms with Crippen molar-refractivity contribution < 1.29 is 31.1 Å². The van der Waals surface area contributed by atoms with Gasteiger partial charge in [0.2, 0.25) is 5.91 Å². The van der Waals surface area contributed by atoms with Crippen LogP contribution in [0.4, 0.5) is 37.7 Å². The van der Waals surface area contributed by atoms with E-state index in [1.165, 1.54) is 24.3 Å². The minimum atomic E-state index is -4.63. The number of alkyl halides is 6. The van der Waals surface area contributed by atoms with Gasteiger partial charge in [0.1, 0.15) is 0 Å². The number of carbonyl (C=O) groups is 1. The summed E-state index contributed by atoms with van der Waals surface area (Å²) in [7, 11) is 0. The van der Waals surface area contributed by atoms with Gasteiger partial charge in [0.25, 0.3) is 0 Å². The molecule has 40 heavy (non-hydrogen) atoms. The first kappa shape index (κ1) is 31.1. The third-order valence-electron chi connectivity index (χ3n) is 7.22. The number of hydrogen-bond acceptors (Lipinski definition) is 5. The van der Waals surface area contributed by atoms with Gasteiger partial charge in [-0.3, -0.25) is 9.69 Å². The average molecular weight is 570 g/mol. The molecule has 0 radical (unpaired) electrons. The molecule has 2 aliphatic rings. The highest BCUT2D eigenvalue weighted by Crippen LogP contribution is 2.35. The van der Waals surface area contributed by atoms with Gasteiger partial charge < -0.3 is 14.7 Å². The highest BCUT2D eigenvalue weighted by Gasteiger charge is 2.34. The summed E-state index contributed by atoms with van der Waals surface area (Å²) < 4.78 is 78.5. The fraction of sp³-hybridized carbons (Fsp3) is 0.500. The molecule has 0 aliphatic carbocycles. The molecule has 2 aliphatic heterocycles. The van der Waals surface area contributed by atoms with E-state index in [2.05, 4.69) is 4.90 Å². The molecule has 2 heterocycles. The van der Waals surface area contributed by atoms with Crippen LogP contribution in [0.15, 0.2) is 42.5 Å². The monoisotopic (exact) mass is 569 g/mol. The van der Waals surface area contributed by atoms with Gasteiger partial charge in [0.15, 0.2) is 0 Å². The van der Waals surface area contributed by atoms with Crippen molar-refractivity contribution in [2.24, 2.45) is 0 Å². The largest absolute Gasteiger partial charge is 0.417 e. The number of rotatable bonds is 5. The molecule has 2 saturated heterocycles. The van der Waals surface area contributed by atoms with Crippen LogP contribution < -0.4 is 9.80 Å². The Morgan fingerprint density at radius 3 is 1.98 bits per heavy atom. The molecule has 4 rings (SSSR count). The second-order valence-corrected chi connectivity index (χ2v) is 9.68. The van der Waals surface area contributed by atoms with Crippen LogP contribution in [-0.4, -0.2) is 74.6 Å².